The van der Waals surface area contributed by atoms with Crippen molar-refractivity contribution in [1.82, 2.24) is 0 Å². The molecule has 1 atom stereocenters. The van der Waals surface area contributed by atoms with Crippen LogP contribution in [-0.4, -0.2) is 29.3 Å². The average Bonchev–Trinajstić information content (AvgIpc) is 2.30. The fourth-order valence-corrected chi connectivity index (χ4v) is 2.59. The standard InChI is InChI=1S/C11H12BrClO3S/c1-6(5-13)16-9-8(12)4-3-7(11(14)15)10(9)17-2/h3-4,6H,5H2,1-2H3,(H,14,15). The summed E-state index contributed by atoms with van der Waals surface area (Å²) in [5, 5.41) is 9.09. The number of thioether (sulfide) groups is 1. The Hall–Kier alpha value is -0.390. The third kappa shape index (κ3) is 3.53. The molecule has 0 bridgehead atoms. The van der Waals surface area contributed by atoms with Gasteiger partial charge in [-0.15, -0.1) is 23.4 Å². The first-order chi connectivity index (χ1) is 8.01. The molecule has 0 spiro atoms. The van der Waals surface area contributed by atoms with Gasteiger partial charge in [0, 0.05) is 0 Å². The second kappa shape index (κ2) is 6.52. The van der Waals surface area contributed by atoms with E-state index in [1.54, 1.807) is 12.1 Å². The molecule has 0 saturated carbocycles. The highest BCUT2D eigenvalue weighted by Crippen LogP contribution is 2.38. The minimum Gasteiger partial charge on any atom is -0.487 e. The number of halogens is 2. The van der Waals surface area contributed by atoms with Crippen molar-refractivity contribution in [1.29, 1.82) is 0 Å². The van der Waals surface area contributed by atoms with Gasteiger partial charge in [-0.1, -0.05) is 0 Å². The quantitative estimate of drug-likeness (QED) is 0.653. The molecule has 3 nitrogen and oxygen atoms in total. The molecular weight excluding hydrogens is 328 g/mol. The van der Waals surface area contributed by atoms with Crippen LogP contribution in [0, 0.1) is 0 Å². The molecular formula is C11H12BrClO3S. The Morgan fingerprint density at radius 3 is 2.76 bits per heavy atom. The Labute approximate surface area is 118 Å². The van der Waals surface area contributed by atoms with Gasteiger partial charge in [0.2, 0.25) is 0 Å². The third-order valence-electron chi connectivity index (χ3n) is 2.03. The topological polar surface area (TPSA) is 46.5 Å². The molecule has 0 aromatic heterocycles. The molecule has 0 radical (unpaired) electrons. The van der Waals surface area contributed by atoms with Gasteiger partial charge < -0.3 is 9.84 Å². The van der Waals surface area contributed by atoms with Crippen LogP contribution in [0.2, 0.25) is 0 Å². The average molecular weight is 340 g/mol. The number of carbonyl (C=O) groups is 1. The molecule has 0 amide bonds. The highest BCUT2D eigenvalue weighted by Gasteiger charge is 2.18. The molecule has 0 saturated heterocycles. The number of hydrogen-bond acceptors (Lipinski definition) is 3. The molecule has 0 aliphatic heterocycles. The molecule has 0 aliphatic carbocycles. The molecule has 0 aliphatic rings. The molecule has 1 rings (SSSR count). The zero-order valence-electron chi connectivity index (χ0n) is 9.37. The first-order valence-corrected chi connectivity index (χ1v) is 7.38. The van der Waals surface area contributed by atoms with E-state index in [1.807, 2.05) is 13.2 Å². The molecule has 1 unspecified atom stereocenters. The number of hydrogen-bond donors (Lipinski definition) is 1. The lowest BCUT2D eigenvalue weighted by atomic mass is 10.2. The molecule has 0 fully saturated rings. The summed E-state index contributed by atoms with van der Waals surface area (Å²) in [6.45, 7) is 1.83. The first-order valence-electron chi connectivity index (χ1n) is 4.83. The van der Waals surface area contributed by atoms with E-state index in [4.69, 9.17) is 21.4 Å². The zero-order valence-corrected chi connectivity index (χ0v) is 12.5. The predicted octanol–water partition coefficient (Wildman–Crippen LogP) is 3.88. The van der Waals surface area contributed by atoms with Crippen molar-refractivity contribution >= 4 is 45.3 Å². The van der Waals surface area contributed by atoms with Crippen molar-refractivity contribution in [3.05, 3.63) is 22.2 Å². The smallest absolute Gasteiger partial charge is 0.336 e. The molecule has 17 heavy (non-hydrogen) atoms. The van der Waals surface area contributed by atoms with E-state index in [-0.39, 0.29) is 11.7 Å². The monoisotopic (exact) mass is 338 g/mol. The maximum atomic E-state index is 11.1. The maximum Gasteiger partial charge on any atom is 0.336 e. The molecule has 94 valence electrons. The van der Waals surface area contributed by atoms with Gasteiger partial charge in [0.05, 0.1) is 20.8 Å². The lowest BCUT2D eigenvalue weighted by molar-refractivity contribution is 0.0691. The van der Waals surface area contributed by atoms with Gasteiger partial charge in [0.25, 0.3) is 0 Å². The third-order valence-corrected chi connectivity index (χ3v) is 3.91. The van der Waals surface area contributed by atoms with Crippen LogP contribution < -0.4 is 4.74 Å². The number of carboxylic acid groups (broad SMARTS) is 1. The Morgan fingerprint density at radius 1 is 1.65 bits per heavy atom. The molecule has 1 aromatic rings. The summed E-state index contributed by atoms with van der Waals surface area (Å²) in [5.41, 5.74) is 0.234. The van der Waals surface area contributed by atoms with E-state index in [0.29, 0.717) is 16.5 Å². The number of rotatable bonds is 5. The number of ether oxygens (including phenoxy) is 1. The number of aromatic carboxylic acids is 1. The molecule has 1 N–H and O–H groups in total. The number of carboxylic acids is 1. The Balaban J connectivity index is 3.25. The van der Waals surface area contributed by atoms with Crippen LogP contribution in [0.3, 0.4) is 0 Å². The van der Waals surface area contributed by atoms with Gasteiger partial charge in [0.1, 0.15) is 11.9 Å². The predicted molar refractivity (Wildman–Crippen MR) is 73.7 cm³/mol. The number of benzene rings is 1. The van der Waals surface area contributed by atoms with E-state index >= 15 is 0 Å². The molecule has 0 heterocycles. The normalized spacial score (nSPS) is 12.2. The highest BCUT2D eigenvalue weighted by molar-refractivity contribution is 9.10. The Bertz CT molecular complexity index is 425. The number of alkyl halides is 1. The maximum absolute atomic E-state index is 11.1. The van der Waals surface area contributed by atoms with Crippen LogP contribution in [-0.2, 0) is 0 Å². The lowest BCUT2D eigenvalue weighted by Crippen LogP contribution is -2.15. The van der Waals surface area contributed by atoms with Gasteiger partial charge >= 0.3 is 5.97 Å². The van der Waals surface area contributed by atoms with Gasteiger partial charge in [-0.05, 0) is 41.2 Å². The largest absolute Gasteiger partial charge is 0.487 e. The first kappa shape index (κ1) is 14.7. The summed E-state index contributed by atoms with van der Waals surface area (Å²) >= 11 is 10.4. The lowest BCUT2D eigenvalue weighted by Gasteiger charge is -2.17. The van der Waals surface area contributed by atoms with E-state index in [1.165, 1.54) is 11.8 Å². The van der Waals surface area contributed by atoms with Crippen LogP contribution in [0.25, 0.3) is 0 Å². The van der Waals surface area contributed by atoms with Gasteiger partial charge in [-0.3, -0.25) is 0 Å². The van der Waals surface area contributed by atoms with Gasteiger partial charge in [0.15, 0.2) is 0 Å². The van der Waals surface area contributed by atoms with Gasteiger partial charge in [-0.25, -0.2) is 4.79 Å². The van der Waals surface area contributed by atoms with E-state index in [2.05, 4.69) is 15.9 Å². The summed E-state index contributed by atoms with van der Waals surface area (Å²) in [5.74, 6) is -0.0897. The van der Waals surface area contributed by atoms with Crippen molar-refractivity contribution in [3.63, 3.8) is 0 Å². The van der Waals surface area contributed by atoms with Crippen LogP contribution in [0.5, 0.6) is 5.75 Å². The summed E-state index contributed by atoms with van der Waals surface area (Å²) in [6.07, 6.45) is 1.63. The summed E-state index contributed by atoms with van der Waals surface area (Å²) in [4.78, 5) is 11.7. The Morgan fingerprint density at radius 2 is 2.29 bits per heavy atom. The fourth-order valence-electron chi connectivity index (χ4n) is 1.25. The second-order valence-corrected chi connectivity index (χ2v) is 5.32. The molecule has 6 heteroatoms. The SMILES string of the molecule is CSc1c(C(=O)O)ccc(Br)c1OC(C)CCl. The van der Waals surface area contributed by atoms with Crippen molar-refractivity contribution in [3.8, 4) is 5.75 Å². The highest BCUT2D eigenvalue weighted by atomic mass is 79.9. The summed E-state index contributed by atoms with van der Waals surface area (Å²) < 4.78 is 6.37. The Kier molecular flexibility index (Phi) is 5.62. The fraction of sp³-hybridized carbons (Fsp3) is 0.364. The summed E-state index contributed by atoms with van der Waals surface area (Å²) in [7, 11) is 0. The van der Waals surface area contributed by atoms with E-state index < -0.39 is 5.97 Å². The van der Waals surface area contributed by atoms with E-state index in [0.717, 1.165) is 4.47 Å². The minimum atomic E-state index is -0.967. The summed E-state index contributed by atoms with van der Waals surface area (Å²) in [6, 6.07) is 3.22. The van der Waals surface area contributed by atoms with Crippen molar-refractivity contribution in [2.75, 3.05) is 12.1 Å². The minimum absolute atomic E-state index is 0.178. The van der Waals surface area contributed by atoms with Crippen LogP contribution in [0.1, 0.15) is 17.3 Å². The van der Waals surface area contributed by atoms with Crippen LogP contribution >= 0.6 is 39.3 Å². The van der Waals surface area contributed by atoms with Crippen LogP contribution in [0.4, 0.5) is 0 Å². The van der Waals surface area contributed by atoms with E-state index in [9.17, 15) is 4.79 Å². The van der Waals surface area contributed by atoms with Crippen LogP contribution in [0.15, 0.2) is 21.5 Å². The zero-order chi connectivity index (χ0) is 13.0. The van der Waals surface area contributed by atoms with Crippen molar-refractivity contribution in [2.45, 2.75) is 17.9 Å². The second-order valence-electron chi connectivity index (χ2n) is 3.35. The van der Waals surface area contributed by atoms with Crippen molar-refractivity contribution in [2.24, 2.45) is 0 Å². The van der Waals surface area contributed by atoms with Gasteiger partial charge in [-0.2, -0.15) is 0 Å². The van der Waals surface area contributed by atoms with Crippen molar-refractivity contribution < 1.29 is 14.6 Å². The molecule has 1 aromatic carbocycles.